The van der Waals surface area contributed by atoms with Crippen molar-refractivity contribution in [2.45, 2.75) is 20.8 Å². The lowest BCUT2D eigenvalue weighted by Gasteiger charge is -2.14. The van der Waals surface area contributed by atoms with Gasteiger partial charge in [-0.25, -0.2) is 14.6 Å². The number of esters is 2. The molecule has 0 unspecified atom stereocenters. The lowest BCUT2D eigenvalue weighted by Crippen LogP contribution is -2.11. The second-order valence-corrected chi connectivity index (χ2v) is 9.78. The molecule has 35 heavy (non-hydrogen) atoms. The standard InChI is InChI=1S/C27H21BrINO5/c1-4-33-23-14-17(12-20(28)24(23)34-26(31)19-8-6-5-7-15(19)2)13-22-27(32)35-25(30-22)18-9-10-21(29)16(3)11-18/h5-14H,4H2,1-3H3/b22-13-. The fourth-order valence-corrected chi connectivity index (χ4v) is 4.33. The van der Waals surface area contributed by atoms with Gasteiger partial charge in [-0.15, -0.1) is 0 Å². The van der Waals surface area contributed by atoms with E-state index in [4.69, 9.17) is 14.2 Å². The summed E-state index contributed by atoms with van der Waals surface area (Å²) in [5.74, 6) is -0.152. The van der Waals surface area contributed by atoms with E-state index < -0.39 is 11.9 Å². The Kier molecular flexibility index (Phi) is 7.71. The molecule has 4 rings (SSSR count). The molecule has 1 heterocycles. The van der Waals surface area contributed by atoms with Gasteiger partial charge in [0.05, 0.1) is 16.6 Å². The van der Waals surface area contributed by atoms with Crippen LogP contribution in [-0.2, 0) is 9.53 Å². The Bertz CT molecular complexity index is 1400. The van der Waals surface area contributed by atoms with Crippen LogP contribution in [0.1, 0.15) is 39.5 Å². The number of aliphatic imine (C=N–C) groups is 1. The number of hydrogen-bond acceptors (Lipinski definition) is 6. The van der Waals surface area contributed by atoms with Crippen molar-refractivity contribution in [3.8, 4) is 11.5 Å². The maximum absolute atomic E-state index is 12.8. The molecule has 0 radical (unpaired) electrons. The van der Waals surface area contributed by atoms with Gasteiger partial charge in [0, 0.05) is 9.13 Å². The molecule has 0 atom stereocenters. The van der Waals surface area contributed by atoms with Gasteiger partial charge in [-0.3, -0.25) is 0 Å². The maximum Gasteiger partial charge on any atom is 0.363 e. The second-order valence-electron chi connectivity index (χ2n) is 7.77. The predicted octanol–water partition coefficient (Wildman–Crippen LogP) is 6.63. The second kappa shape index (κ2) is 10.7. The van der Waals surface area contributed by atoms with Crippen LogP contribution in [0.25, 0.3) is 6.08 Å². The third-order valence-corrected chi connectivity index (χ3v) is 7.02. The average molecular weight is 646 g/mol. The third-order valence-electron chi connectivity index (χ3n) is 5.22. The zero-order chi connectivity index (χ0) is 25.1. The van der Waals surface area contributed by atoms with Crippen LogP contribution < -0.4 is 9.47 Å². The highest BCUT2D eigenvalue weighted by Gasteiger charge is 2.25. The average Bonchev–Trinajstić information content (AvgIpc) is 3.18. The zero-order valence-electron chi connectivity index (χ0n) is 19.2. The first-order valence-electron chi connectivity index (χ1n) is 10.8. The molecule has 0 aromatic heterocycles. The Morgan fingerprint density at radius 1 is 1.11 bits per heavy atom. The molecule has 0 fully saturated rings. The fraction of sp³-hybridized carbons (Fsp3) is 0.148. The monoisotopic (exact) mass is 645 g/mol. The van der Waals surface area contributed by atoms with Crippen molar-refractivity contribution in [1.29, 1.82) is 0 Å². The maximum atomic E-state index is 12.8. The predicted molar refractivity (Wildman–Crippen MR) is 146 cm³/mol. The van der Waals surface area contributed by atoms with Crippen LogP contribution in [0, 0.1) is 17.4 Å². The van der Waals surface area contributed by atoms with E-state index in [1.165, 1.54) is 0 Å². The van der Waals surface area contributed by atoms with Crippen LogP contribution in [0.5, 0.6) is 11.5 Å². The topological polar surface area (TPSA) is 74.2 Å². The number of aryl methyl sites for hydroxylation is 2. The smallest absolute Gasteiger partial charge is 0.363 e. The molecule has 6 nitrogen and oxygen atoms in total. The molecule has 0 amide bonds. The minimum atomic E-state index is -0.541. The molecule has 0 spiro atoms. The van der Waals surface area contributed by atoms with E-state index in [-0.39, 0.29) is 17.3 Å². The van der Waals surface area contributed by atoms with Gasteiger partial charge in [-0.05, 0) is 118 Å². The van der Waals surface area contributed by atoms with E-state index >= 15 is 0 Å². The molecule has 0 saturated carbocycles. The van der Waals surface area contributed by atoms with Crippen LogP contribution >= 0.6 is 38.5 Å². The summed E-state index contributed by atoms with van der Waals surface area (Å²) in [5, 5.41) is 0. The number of carbonyl (C=O) groups is 2. The SMILES string of the molecule is CCOc1cc(/C=C2\N=C(c3ccc(I)c(C)c3)OC2=O)cc(Br)c1OC(=O)c1ccccc1C. The molecule has 3 aromatic carbocycles. The molecule has 0 aliphatic carbocycles. The van der Waals surface area contributed by atoms with Crippen molar-refractivity contribution in [2.24, 2.45) is 4.99 Å². The van der Waals surface area contributed by atoms with E-state index in [1.54, 1.807) is 30.3 Å². The van der Waals surface area contributed by atoms with Gasteiger partial charge < -0.3 is 14.2 Å². The lowest BCUT2D eigenvalue weighted by molar-refractivity contribution is -0.129. The number of rotatable bonds is 6. The quantitative estimate of drug-likeness (QED) is 0.130. The summed E-state index contributed by atoms with van der Waals surface area (Å²) in [6.45, 7) is 6.02. The first kappa shape index (κ1) is 25.1. The normalized spacial score (nSPS) is 14.0. The third kappa shape index (κ3) is 5.65. The van der Waals surface area contributed by atoms with Gasteiger partial charge in [0.15, 0.2) is 17.2 Å². The Morgan fingerprint density at radius 3 is 2.60 bits per heavy atom. The number of halogens is 2. The van der Waals surface area contributed by atoms with Crippen LogP contribution in [0.15, 0.2) is 69.8 Å². The number of benzene rings is 3. The molecule has 1 aliphatic rings. The van der Waals surface area contributed by atoms with Crippen molar-refractivity contribution < 1.29 is 23.8 Å². The van der Waals surface area contributed by atoms with Gasteiger partial charge >= 0.3 is 11.9 Å². The van der Waals surface area contributed by atoms with E-state index in [0.29, 0.717) is 28.0 Å². The summed E-state index contributed by atoms with van der Waals surface area (Å²) in [4.78, 5) is 29.7. The van der Waals surface area contributed by atoms with E-state index in [9.17, 15) is 9.59 Å². The van der Waals surface area contributed by atoms with Gasteiger partial charge in [-0.2, -0.15) is 0 Å². The van der Waals surface area contributed by atoms with Crippen LogP contribution in [0.3, 0.4) is 0 Å². The lowest BCUT2D eigenvalue weighted by atomic mass is 10.1. The minimum absolute atomic E-state index is 0.162. The number of cyclic esters (lactones) is 1. The molecular formula is C27H21BrINO5. The number of ether oxygens (including phenoxy) is 3. The Hall–Kier alpha value is -2.98. The molecule has 178 valence electrons. The van der Waals surface area contributed by atoms with E-state index in [0.717, 1.165) is 20.3 Å². The van der Waals surface area contributed by atoms with Crippen molar-refractivity contribution in [3.63, 3.8) is 0 Å². The highest BCUT2D eigenvalue weighted by Crippen LogP contribution is 2.38. The summed E-state index contributed by atoms with van der Waals surface area (Å²) >= 11 is 5.72. The summed E-state index contributed by atoms with van der Waals surface area (Å²) in [6, 6.07) is 16.4. The van der Waals surface area contributed by atoms with Crippen molar-refractivity contribution in [2.75, 3.05) is 6.61 Å². The fourth-order valence-electron chi connectivity index (χ4n) is 3.45. The number of hydrogen-bond donors (Lipinski definition) is 0. The summed E-state index contributed by atoms with van der Waals surface area (Å²) in [6.07, 6.45) is 1.61. The Morgan fingerprint density at radius 2 is 1.89 bits per heavy atom. The summed E-state index contributed by atoms with van der Waals surface area (Å²) < 4.78 is 18.4. The molecule has 1 aliphatic heterocycles. The van der Waals surface area contributed by atoms with Gasteiger partial charge in [0.1, 0.15) is 0 Å². The largest absolute Gasteiger partial charge is 0.490 e. The summed E-state index contributed by atoms with van der Waals surface area (Å²) in [7, 11) is 0. The van der Waals surface area contributed by atoms with Crippen molar-refractivity contribution >= 4 is 62.4 Å². The first-order valence-corrected chi connectivity index (χ1v) is 12.7. The Labute approximate surface area is 225 Å². The molecule has 0 N–H and O–H groups in total. The van der Waals surface area contributed by atoms with Gasteiger partial charge in [0.2, 0.25) is 5.90 Å². The van der Waals surface area contributed by atoms with Crippen LogP contribution in [-0.4, -0.2) is 24.4 Å². The number of carbonyl (C=O) groups excluding carboxylic acids is 2. The molecular weight excluding hydrogens is 625 g/mol. The summed E-state index contributed by atoms with van der Waals surface area (Å²) in [5.41, 5.74) is 3.87. The highest BCUT2D eigenvalue weighted by atomic mass is 127. The van der Waals surface area contributed by atoms with Crippen LogP contribution in [0.4, 0.5) is 0 Å². The van der Waals surface area contributed by atoms with E-state index in [2.05, 4.69) is 43.5 Å². The Balaban J connectivity index is 1.66. The molecule has 3 aromatic rings. The zero-order valence-corrected chi connectivity index (χ0v) is 23.0. The van der Waals surface area contributed by atoms with Gasteiger partial charge in [-0.1, -0.05) is 18.2 Å². The van der Waals surface area contributed by atoms with Crippen molar-refractivity contribution in [1.82, 2.24) is 0 Å². The van der Waals surface area contributed by atoms with Crippen LogP contribution in [0.2, 0.25) is 0 Å². The highest BCUT2D eigenvalue weighted by molar-refractivity contribution is 14.1. The number of nitrogens with zero attached hydrogens (tertiary/aromatic N) is 1. The molecule has 0 saturated heterocycles. The molecule has 8 heteroatoms. The first-order chi connectivity index (χ1) is 16.8. The minimum Gasteiger partial charge on any atom is -0.490 e. The van der Waals surface area contributed by atoms with Gasteiger partial charge in [0.25, 0.3) is 0 Å². The molecule has 0 bridgehead atoms. The van der Waals surface area contributed by atoms with Crippen molar-refractivity contribution in [3.05, 3.63) is 96.2 Å². The van der Waals surface area contributed by atoms with E-state index in [1.807, 2.05) is 51.1 Å².